The zero-order chi connectivity index (χ0) is 21.3. The Kier molecular flexibility index (Phi) is 5.06. The average molecular weight is 464 g/mol. The summed E-state index contributed by atoms with van der Waals surface area (Å²) in [5, 5.41) is 8.62. The maximum absolute atomic E-state index is 8.08. The maximum atomic E-state index is 8.08. The third-order valence-electron chi connectivity index (χ3n) is 5.66. The summed E-state index contributed by atoms with van der Waals surface area (Å²) in [5.74, 6) is -2.77. The molecule has 0 saturated heterocycles. The van der Waals surface area contributed by atoms with Crippen LogP contribution in [0.3, 0.4) is 0 Å². The molecule has 0 N–H and O–H groups in total. The molecule has 0 amide bonds. The van der Waals surface area contributed by atoms with Crippen LogP contribution in [-0.4, -0.2) is 14.6 Å². The van der Waals surface area contributed by atoms with E-state index in [0.29, 0.717) is 17.0 Å². The first-order valence-electron chi connectivity index (χ1n) is 9.98. The fraction of sp³-hybridized carbons (Fsp3) is 0.0400. The van der Waals surface area contributed by atoms with Crippen LogP contribution in [0.25, 0.3) is 5.65 Å². The number of rotatable bonds is 5. The summed E-state index contributed by atoms with van der Waals surface area (Å²) in [5.41, 5.74) is 0.746. The topological polar surface area (TPSA) is 30.2 Å². The van der Waals surface area contributed by atoms with Gasteiger partial charge in [-0.1, -0.05) is 0 Å². The summed E-state index contributed by atoms with van der Waals surface area (Å²) in [7, 11) is 0. The molecule has 0 atom stereocenters. The number of pyridine rings is 1. The molecule has 5 aromatic rings. The van der Waals surface area contributed by atoms with E-state index >= 15 is 0 Å². The summed E-state index contributed by atoms with van der Waals surface area (Å²) in [4.78, 5) is 4.80. The Bertz CT molecular complexity index is 1240. The van der Waals surface area contributed by atoms with E-state index in [2.05, 4.69) is 36.4 Å². The number of fused-ring (bicyclic) bond motifs is 1. The van der Waals surface area contributed by atoms with Crippen molar-refractivity contribution in [3.63, 3.8) is 0 Å². The van der Waals surface area contributed by atoms with Gasteiger partial charge < -0.3 is 0 Å². The average Bonchev–Trinajstić information content (AvgIpc) is 3.22. The Labute approximate surface area is 191 Å². The second kappa shape index (κ2) is 7.76. The molecule has 2 aromatic heterocycles. The number of aromatic nitrogens is 3. The zero-order valence-electron chi connectivity index (χ0n) is 16.6. The van der Waals surface area contributed by atoms with E-state index in [1.807, 2.05) is 66.7 Å². The van der Waals surface area contributed by atoms with Gasteiger partial charge in [0.2, 0.25) is 0 Å². The summed E-state index contributed by atoms with van der Waals surface area (Å²) >= 11 is 14.3. The Morgan fingerprint density at radius 3 is 1.65 bits per heavy atom. The third-order valence-corrected chi connectivity index (χ3v) is 13.0. The molecule has 0 aliphatic heterocycles. The van der Waals surface area contributed by atoms with Gasteiger partial charge in [-0.15, -0.1) is 0 Å². The molecule has 0 fully saturated rings. The van der Waals surface area contributed by atoms with E-state index in [1.165, 1.54) is 0 Å². The fourth-order valence-corrected chi connectivity index (χ4v) is 10.2. The Morgan fingerprint density at radius 1 is 0.677 bits per heavy atom. The van der Waals surface area contributed by atoms with Crippen LogP contribution >= 0.6 is 28.8 Å². The van der Waals surface area contributed by atoms with E-state index in [0.717, 1.165) is 21.6 Å². The van der Waals surface area contributed by atoms with Gasteiger partial charge in [0.1, 0.15) is 0 Å². The van der Waals surface area contributed by atoms with Crippen molar-refractivity contribution >= 4 is 50.4 Å². The summed E-state index contributed by atoms with van der Waals surface area (Å²) < 4.78 is 1.72. The van der Waals surface area contributed by atoms with Crippen LogP contribution in [0.5, 0.6) is 0 Å². The van der Waals surface area contributed by atoms with Gasteiger partial charge in [0, 0.05) is 0 Å². The number of halogens is 2. The van der Waals surface area contributed by atoms with Gasteiger partial charge in [0.25, 0.3) is 0 Å². The number of hydrogen-bond acceptors (Lipinski definition) is 2. The minimum absolute atomic E-state index is 0.491. The van der Waals surface area contributed by atoms with Gasteiger partial charge in [0.15, 0.2) is 0 Å². The van der Waals surface area contributed by atoms with Crippen molar-refractivity contribution in [2.45, 2.75) is 6.16 Å². The molecule has 0 radical (unpaired) electrons. The van der Waals surface area contributed by atoms with Crippen LogP contribution in [-0.2, 0) is 6.16 Å². The van der Waals surface area contributed by atoms with Crippen LogP contribution in [0, 0.1) is 0 Å². The SMILES string of the molecule is Clc1ccc2nc(CP(Cl)(c3ccccc3)(c3ccccc3)c3ccccc3)nn2c1. The van der Waals surface area contributed by atoms with Crippen LogP contribution in [0.1, 0.15) is 5.82 Å². The van der Waals surface area contributed by atoms with E-state index in [-0.39, 0.29) is 0 Å². The molecule has 5 rings (SSSR count). The molecule has 0 unspecified atom stereocenters. The van der Waals surface area contributed by atoms with Crippen LogP contribution < -0.4 is 15.9 Å². The van der Waals surface area contributed by atoms with Crippen molar-refractivity contribution in [3.8, 4) is 0 Å². The molecule has 2 heterocycles. The Morgan fingerprint density at radius 2 is 1.16 bits per heavy atom. The Hall–Kier alpha value is -2.71. The third kappa shape index (κ3) is 3.34. The zero-order valence-corrected chi connectivity index (χ0v) is 19.1. The van der Waals surface area contributed by atoms with Gasteiger partial charge in [0.05, 0.1) is 0 Å². The first kappa shape index (κ1) is 20.2. The normalized spacial score (nSPS) is 13.0. The van der Waals surface area contributed by atoms with E-state index in [4.69, 9.17) is 32.9 Å². The first-order chi connectivity index (χ1) is 15.1. The van der Waals surface area contributed by atoms with E-state index in [9.17, 15) is 0 Å². The predicted octanol–water partition coefficient (Wildman–Crippen LogP) is 5.57. The van der Waals surface area contributed by atoms with Gasteiger partial charge in [-0.25, -0.2) is 0 Å². The van der Waals surface area contributed by atoms with Crippen molar-refractivity contribution in [1.82, 2.24) is 14.6 Å². The van der Waals surface area contributed by atoms with Crippen LogP contribution in [0.2, 0.25) is 5.02 Å². The first-order valence-corrected chi connectivity index (χ1v) is 13.7. The molecule has 0 spiro atoms. The molecule has 0 bridgehead atoms. The van der Waals surface area contributed by atoms with Gasteiger partial charge in [-0.2, -0.15) is 0 Å². The fourth-order valence-electron chi connectivity index (χ4n) is 4.17. The molecule has 3 nitrogen and oxygen atoms in total. The Balaban J connectivity index is 1.83. The molecule has 0 aliphatic carbocycles. The summed E-state index contributed by atoms with van der Waals surface area (Å²) in [6, 6.07) is 34.7. The van der Waals surface area contributed by atoms with Gasteiger partial charge in [-0.3, -0.25) is 0 Å². The van der Waals surface area contributed by atoms with E-state index in [1.54, 1.807) is 10.7 Å². The van der Waals surface area contributed by atoms with Crippen LogP contribution in [0.4, 0.5) is 0 Å². The molecule has 154 valence electrons. The number of nitrogens with zero attached hydrogens (tertiary/aromatic N) is 3. The van der Waals surface area contributed by atoms with Crippen molar-refractivity contribution < 1.29 is 0 Å². The molecule has 0 aliphatic rings. The van der Waals surface area contributed by atoms with Crippen molar-refractivity contribution in [3.05, 3.63) is 120 Å². The molecule has 6 heteroatoms. The quantitative estimate of drug-likeness (QED) is 0.319. The molecular formula is C25H20Cl2N3P. The molecule has 0 saturated carbocycles. The minimum atomic E-state index is -3.46. The number of hydrogen-bond donors (Lipinski definition) is 0. The predicted molar refractivity (Wildman–Crippen MR) is 133 cm³/mol. The van der Waals surface area contributed by atoms with Crippen molar-refractivity contribution in [2.24, 2.45) is 0 Å². The van der Waals surface area contributed by atoms with Crippen molar-refractivity contribution in [1.29, 1.82) is 0 Å². The van der Waals surface area contributed by atoms with E-state index < -0.39 is 5.96 Å². The second-order valence-corrected chi connectivity index (χ2v) is 14.4. The second-order valence-electron chi connectivity index (χ2n) is 7.53. The van der Waals surface area contributed by atoms with Gasteiger partial charge >= 0.3 is 191 Å². The molecule has 3 aromatic carbocycles. The standard InChI is InChI=1S/C25H20Cl2N3P/c26-20-16-17-25-28-24(29-30(25)18-20)19-31(27,21-10-4-1-5-11-21,22-12-6-2-7-13-22)23-14-8-3-9-15-23/h1-18H,19H2. The molecular weight excluding hydrogens is 444 g/mol. The van der Waals surface area contributed by atoms with Crippen molar-refractivity contribution in [2.75, 3.05) is 0 Å². The van der Waals surface area contributed by atoms with Crippen LogP contribution in [0.15, 0.2) is 109 Å². The summed E-state index contributed by atoms with van der Waals surface area (Å²) in [6.45, 7) is 0. The van der Waals surface area contributed by atoms with Gasteiger partial charge in [-0.05, 0) is 0 Å². The summed E-state index contributed by atoms with van der Waals surface area (Å²) in [6.07, 6.45) is 2.26. The molecule has 31 heavy (non-hydrogen) atoms. The monoisotopic (exact) mass is 463 g/mol. The number of benzene rings is 3.